The molecule has 4 saturated carbocycles. The summed E-state index contributed by atoms with van der Waals surface area (Å²) in [6.07, 6.45) is 8.17. The van der Waals surface area contributed by atoms with Crippen LogP contribution in [0.5, 0.6) is 5.75 Å². The third-order valence-electron chi connectivity index (χ3n) is 10.5. The van der Waals surface area contributed by atoms with E-state index >= 15 is 0 Å². The van der Waals surface area contributed by atoms with E-state index in [1.807, 2.05) is 36.6 Å². The van der Waals surface area contributed by atoms with Crippen LogP contribution in [0.3, 0.4) is 0 Å². The van der Waals surface area contributed by atoms with E-state index < -0.39 is 35.8 Å². The predicted octanol–water partition coefficient (Wildman–Crippen LogP) is 2.74. The van der Waals surface area contributed by atoms with Gasteiger partial charge in [-0.15, -0.1) is 12.4 Å². The number of thioether (sulfide) groups is 1. The molecule has 12 heteroatoms. The Morgan fingerprint density at radius 3 is 2.17 bits per heavy atom. The maximum absolute atomic E-state index is 14.4. The second-order valence-electron chi connectivity index (χ2n) is 13.9. The van der Waals surface area contributed by atoms with E-state index in [-0.39, 0.29) is 48.2 Å². The molecule has 4 bridgehead atoms. The molecule has 6 rings (SSSR count). The maximum atomic E-state index is 14.4. The molecular weight excluding hydrogens is 650 g/mol. The van der Waals surface area contributed by atoms with Crippen LogP contribution >= 0.6 is 24.2 Å². The van der Waals surface area contributed by atoms with Crippen molar-refractivity contribution in [2.75, 3.05) is 25.1 Å². The minimum atomic E-state index is -0.904. The zero-order valence-corrected chi connectivity index (χ0v) is 29.2. The van der Waals surface area contributed by atoms with E-state index in [0.29, 0.717) is 42.9 Å². The van der Waals surface area contributed by atoms with E-state index in [4.69, 9.17) is 11.5 Å². The molecule has 2 aromatic rings. The number of carbonyl (C=O) groups is 4. The van der Waals surface area contributed by atoms with E-state index in [9.17, 15) is 24.3 Å². The Kier molecular flexibility index (Phi) is 13.4. The first-order chi connectivity index (χ1) is 22.6. The largest absolute Gasteiger partial charge is 0.508 e. The van der Waals surface area contributed by atoms with Crippen molar-refractivity contribution in [1.82, 2.24) is 16.0 Å². The van der Waals surface area contributed by atoms with E-state index in [2.05, 4.69) is 16.0 Å². The number of hydrogen-bond acceptors (Lipinski definition) is 8. The van der Waals surface area contributed by atoms with Crippen molar-refractivity contribution >= 4 is 47.7 Å². The summed E-state index contributed by atoms with van der Waals surface area (Å²) < 4.78 is 0. The van der Waals surface area contributed by atoms with Crippen molar-refractivity contribution < 1.29 is 24.3 Å². The predicted molar refractivity (Wildman–Crippen MR) is 191 cm³/mol. The van der Waals surface area contributed by atoms with Gasteiger partial charge in [0.2, 0.25) is 17.7 Å². The molecule has 48 heavy (non-hydrogen) atoms. The molecule has 4 fully saturated rings. The maximum Gasteiger partial charge on any atom is 0.243 e. The van der Waals surface area contributed by atoms with Crippen molar-refractivity contribution in [1.29, 1.82) is 0 Å². The molecule has 0 aromatic heterocycles. The number of halogens is 1. The van der Waals surface area contributed by atoms with Gasteiger partial charge in [-0.2, -0.15) is 11.8 Å². The first-order valence-corrected chi connectivity index (χ1v) is 18.2. The van der Waals surface area contributed by atoms with Crippen LogP contribution in [0.15, 0.2) is 54.6 Å². The number of nitrogens with two attached hydrogens (primary N) is 2. The second-order valence-corrected chi connectivity index (χ2v) is 14.9. The normalized spacial score (nSPS) is 25.6. The average Bonchev–Trinajstić information content (AvgIpc) is 3.06. The fourth-order valence-corrected chi connectivity index (χ4v) is 9.10. The van der Waals surface area contributed by atoms with Crippen molar-refractivity contribution in [3.63, 3.8) is 0 Å². The molecule has 0 saturated heterocycles. The van der Waals surface area contributed by atoms with E-state index in [0.717, 1.165) is 36.8 Å². The Morgan fingerprint density at radius 2 is 1.54 bits per heavy atom. The van der Waals surface area contributed by atoms with Gasteiger partial charge in [-0.1, -0.05) is 42.5 Å². The topological polar surface area (TPSA) is 177 Å². The quantitative estimate of drug-likeness (QED) is 0.155. The summed E-state index contributed by atoms with van der Waals surface area (Å²) in [7, 11) is 0. The van der Waals surface area contributed by atoms with Crippen LogP contribution in [0.25, 0.3) is 0 Å². The lowest BCUT2D eigenvalue weighted by Crippen LogP contribution is -2.61. The molecule has 0 radical (unpaired) electrons. The summed E-state index contributed by atoms with van der Waals surface area (Å²) in [5.74, 6) is 0.738. The number of phenolic OH excluding ortho intramolecular Hbond substituents is 1. The summed E-state index contributed by atoms with van der Waals surface area (Å²) >= 11 is 1.54. The van der Waals surface area contributed by atoms with Crippen LogP contribution in [0.4, 0.5) is 0 Å². The molecule has 0 spiro atoms. The summed E-state index contributed by atoms with van der Waals surface area (Å²) in [6.45, 7) is 0.152. The lowest BCUT2D eigenvalue weighted by molar-refractivity contribution is -0.152. The standard InChI is InChI=1S/C36H49N5O5S.ClH/c1-47-12-11-29(41-34(45)28(38)16-23-7-9-27(42)10-8-23)35(46)39-20-31(43)40-30(17-22-5-3-2-4-6-22)33(44)32-26-14-24-13-25(15-26)19-36(32,18-24)21-37;/h2-10,24-26,28-30,32,42H,11-21,37-38H2,1H3,(H,39,46)(H,40,43)(H,41,45);1H/t24?,25?,26?,28-,29+,30-,32?,36?;/m0./s1. The van der Waals surface area contributed by atoms with Gasteiger partial charge in [0.25, 0.3) is 0 Å². The second kappa shape index (κ2) is 17.0. The van der Waals surface area contributed by atoms with Crippen LogP contribution in [-0.4, -0.2) is 71.8 Å². The van der Waals surface area contributed by atoms with Crippen molar-refractivity contribution in [3.8, 4) is 5.75 Å². The van der Waals surface area contributed by atoms with Gasteiger partial charge >= 0.3 is 0 Å². The number of carbonyl (C=O) groups excluding carboxylic acids is 4. The number of rotatable bonds is 16. The van der Waals surface area contributed by atoms with Gasteiger partial charge in [0.1, 0.15) is 11.8 Å². The number of phenols is 1. The van der Waals surface area contributed by atoms with Gasteiger partial charge in [0, 0.05) is 5.92 Å². The molecule has 10 nitrogen and oxygen atoms in total. The summed E-state index contributed by atoms with van der Waals surface area (Å²) in [6, 6.07) is 13.6. The number of Topliss-reactive ketones (excluding diaryl/α,β-unsaturated/α-hetero) is 1. The zero-order valence-electron chi connectivity index (χ0n) is 27.6. The minimum Gasteiger partial charge on any atom is -0.508 e. The van der Waals surface area contributed by atoms with Gasteiger partial charge in [-0.05, 0) is 116 Å². The molecule has 0 aliphatic heterocycles. The monoisotopic (exact) mass is 699 g/mol. The van der Waals surface area contributed by atoms with Crippen LogP contribution in [0, 0.1) is 29.1 Å². The third kappa shape index (κ3) is 9.11. The zero-order chi connectivity index (χ0) is 33.6. The Balaban J connectivity index is 0.00000520. The van der Waals surface area contributed by atoms with Gasteiger partial charge in [-0.3, -0.25) is 19.2 Å². The fraction of sp³-hybridized carbons (Fsp3) is 0.556. The first-order valence-electron chi connectivity index (χ1n) is 16.8. The highest BCUT2D eigenvalue weighted by atomic mass is 35.5. The number of ketones is 1. The van der Waals surface area contributed by atoms with Crippen molar-refractivity contribution in [3.05, 3.63) is 65.7 Å². The van der Waals surface area contributed by atoms with E-state index in [1.54, 1.807) is 12.1 Å². The molecule has 6 atom stereocenters. The number of amides is 3. The summed E-state index contributed by atoms with van der Waals surface area (Å²) in [5, 5.41) is 17.9. The molecule has 2 aromatic carbocycles. The Bertz CT molecular complexity index is 1400. The average molecular weight is 700 g/mol. The number of hydrogen-bond donors (Lipinski definition) is 6. The Hall–Kier alpha value is -3.12. The highest BCUT2D eigenvalue weighted by molar-refractivity contribution is 7.98. The van der Waals surface area contributed by atoms with Crippen LogP contribution in [0.1, 0.15) is 49.7 Å². The fourth-order valence-electron chi connectivity index (χ4n) is 8.62. The number of nitrogens with one attached hydrogen (secondary N) is 3. The van der Waals surface area contributed by atoms with Gasteiger partial charge in [0.15, 0.2) is 5.78 Å². The third-order valence-corrected chi connectivity index (χ3v) is 11.2. The van der Waals surface area contributed by atoms with Gasteiger partial charge < -0.3 is 32.5 Å². The van der Waals surface area contributed by atoms with Gasteiger partial charge in [-0.25, -0.2) is 0 Å². The highest BCUT2D eigenvalue weighted by Crippen LogP contribution is 2.62. The van der Waals surface area contributed by atoms with Crippen molar-refractivity contribution in [2.45, 2.75) is 69.5 Å². The lowest BCUT2D eigenvalue weighted by Gasteiger charge is -2.61. The van der Waals surface area contributed by atoms with Crippen molar-refractivity contribution in [2.24, 2.45) is 40.6 Å². The Labute approximate surface area is 293 Å². The smallest absolute Gasteiger partial charge is 0.243 e. The molecule has 8 N–H and O–H groups in total. The number of aromatic hydroxyl groups is 1. The summed E-state index contributed by atoms with van der Waals surface area (Å²) in [4.78, 5) is 53.9. The van der Waals surface area contributed by atoms with Crippen LogP contribution < -0.4 is 27.4 Å². The first kappa shape index (κ1) is 37.7. The van der Waals surface area contributed by atoms with Crippen LogP contribution in [-0.2, 0) is 32.0 Å². The molecule has 3 unspecified atom stereocenters. The molecule has 262 valence electrons. The van der Waals surface area contributed by atoms with Crippen LogP contribution in [0.2, 0.25) is 0 Å². The van der Waals surface area contributed by atoms with E-state index in [1.165, 1.54) is 30.3 Å². The molecule has 4 aliphatic rings. The summed E-state index contributed by atoms with van der Waals surface area (Å²) in [5.41, 5.74) is 14.1. The Morgan fingerprint density at radius 1 is 0.896 bits per heavy atom. The molecular formula is C36H50ClN5O5S. The van der Waals surface area contributed by atoms with Gasteiger partial charge in [0.05, 0.1) is 18.6 Å². The molecule has 4 aliphatic carbocycles. The molecule has 3 amide bonds. The minimum absolute atomic E-state index is 0. The lowest BCUT2D eigenvalue weighted by atomic mass is 9.44. The number of benzene rings is 2. The molecule has 0 heterocycles. The SMILES string of the molecule is CSCC[C@@H](NC(=O)[C@@H](N)Cc1ccc(O)cc1)C(=O)NCC(=O)N[C@@H](Cc1ccccc1)C(=O)C1C2CC3CC(C2)CC1(CN)C3.Cl. The highest BCUT2D eigenvalue weighted by Gasteiger charge is 2.59.